The number of rotatable bonds is 6. The molecule has 2 atom stereocenters. The average Bonchev–Trinajstić information content (AvgIpc) is 2.91. The molecule has 150 valence electrons. The Morgan fingerprint density at radius 1 is 1.19 bits per heavy atom. The summed E-state index contributed by atoms with van der Waals surface area (Å²) in [6, 6.07) is 3.10. The van der Waals surface area contributed by atoms with Crippen molar-refractivity contribution in [2.45, 2.75) is 51.0 Å². The first-order valence-electron chi connectivity index (χ1n) is 8.67. The molecule has 2 amide bonds. The van der Waals surface area contributed by atoms with Crippen molar-refractivity contribution in [2.24, 2.45) is 0 Å². The lowest BCUT2D eigenvalue weighted by Crippen LogP contribution is -2.42. The van der Waals surface area contributed by atoms with Gasteiger partial charge in [0.2, 0.25) is 11.8 Å². The molecule has 27 heavy (non-hydrogen) atoms. The van der Waals surface area contributed by atoms with Crippen LogP contribution in [0.1, 0.15) is 37.3 Å². The van der Waals surface area contributed by atoms with Gasteiger partial charge in [0.1, 0.15) is 5.82 Å². The molecule has 0 unspecified atom stereocenters. The summed E-state index contributed by atoms with van der Waals surface area (Å²) in [5.74, 6) is -1.84. The minimum Gasteiger partial charge on any atom is -0.355 e. The van der Waals surface area contributed by atoms with Gasteiger partial charge in [0.15, 0.2) is 0 Å². The van der Waals surface area contributed by atoms with Gasteiger partial charge in [-0.15, -0.1) is 0 Å². The van der Waals surface area contributed by atoms with Crippen molar-refractivity contribution in [1.82, 2.24) is 15.5 Å². The number of hydrogen-bond acceptors (Lipinski definition) is 3. The molecule has 5 nitrogen and oxygen atoms in total. The lowest BCUT2D eigenvalue weighted by molar-refractivity contribution is -0.140. The predicted molar refractivity (Wildman–Crippen MR) is 91.1 cm³/mol. The van der Waals surface area contributed by atoms with Gasteiger partial charge in [-0.3, -0.25) is 14.5 Å². The second-order valence-corrected chi connectivity index (χ2v) is 6.74. The van der Waals surface area contributed by atoms with Crippen LogP contribution in [0.15, 0.2) is 18.2 Å². The first kappa shape index (κ1) is 21.1. The Morgan fingerprint density at radius 2 is 1.85 bits per heavy atom. The van der Waals surface area contributed by atoms with Crippen molar-refractivity contribution >= 4 is 11.8 Å². The molecule has 0 aromatic heterocycles. The molecule has 1 aliphatic rings. The van der Waals surface area contributed by atoms with Gasteiger partial charge in [-0.25, -0.2) is 4.39 Å². The fraction of sp³-hybridized carbons (Fsp3) is 0.556. The Hall–Kier alpha value is -2.16. The van der Waals surface area contributed by atoms with Gasteiger partial charge < -0.3 is 10.6 Å². The molecule has 0 saturated carbocycles. The van der Waals surface area contributed by atoms with E-state index in [2.05, 4.69) is 10.6 Å². The second-order valence-electron chi connectivity index (χ2n) is 6.74. The van der Waals surface area contributed by atoms with Crippen molar-refractivity contribution in [3.63, 3.8) is 0 Å². The van der Waals surface area contributed by atoms with Crippen LogP contribution in [-0.2, 0) is 22.3 Å². The molecule has 0 radical (unpaired) electrons. The normalized spacial score (nSPS) is 20.5. The highest BCUT2D eigenvalue weighted by Gasteiger charge is 2.35. The average molecular weight is 389 g/mol. The van der Waals surface area contributed by atoms with Gasteiger partial charge in [0.25, 0.3) is 0 Å². The number of alkyl halides is 3. The first-order valence-corrected chi connectivity index (χ1v) is 8.67. The number of benzene rings is 1. The standard InChI is InChI=1S/C18H23F4N3O2/c1-11(26)23-10-14-7-6-13(25(14)2)8-16(27)24-9-12-4-3-5-15(17(12)19)18(20,21)22/h3-5,13-14H,6-10H2,1-2H3,(H,23,26)(H,24,27)/t13-,14+/m0/s1. The van der Waals surface area contributed by atoms with Gasteiger partial charge in [-0.05, 0) is 26.0 Å². The van der Waals surface area contributed by atoms with Crippen LogP contribution in [0.2, 0.25) is 0 Å². The molecule has 1 heterocycles. The van der Waals surface area contributed by atoms with Crippen molar-refractivity contribution in [2.75, 3.05) is 13.6 Å². The van der Waals surface area contributed by atoms with E-state index >= 15 is 0 Å². The Labute approximate surface area is 155 Å². The van der Waals surface area contributed by atoms with Gasteiger partial charge in [-0.2, -0.15) is 13.2 Å². The zero-order chi connectivity index (χ0) is 20.2. The highest BCUT2D eigenvalue weighted by Crippen LogP contribution is 2.32. The van der Waals surface area contributed by atoms with Crippen LogP contribution < -0.4 is 10.6 Å². The predicted octanol–water partition coefficient (Wildman–Crippen LogP) is 2.45. The number of carbonyl (C=O) groups excluding carboxylic acids is 2. The summed E-state index contributed by atoms with van der Waals surface area (Å²) in [7, 11) is 1.86. The molecule has 0 spiro atoms. The zero-order valence-corrected chi connectivity index (χ0v) is 15.2. The van der Waals surface area contributed by atoms with Crippen LogP contribution >= 0.6 is 0 Å². The number of halogens is 4. The van der Waals surface area contributed by atoms with Crippen LogP contribution in [0.3, 0.4) is 0 Å². The summed E-state index contributed by atoms with van der Waals surface area (Å²) >= 11 is 0. The van der Waals surface area contributed by atoms with E-state index in [1.54, 1.807) is 0 Å². The Bertz CT molecular complexity index is 694. The van der Waals surface area contributed by atoms with E-state index in [-0.39, 0.29) is 42.4 Å². The highest BCUT2D eigenvalue weighted by atomic mass is 19.4. The minimum absolute atomic E-state index is 0.0323. The van der Waals surface area contributed by atoms with E-state index in [4.69, 9.17) is 0 Å². The fourth-order valence-electron chi connectivity index (χ4n) is 3.26. The van der Waals surface area contributed by atoms with Gasteiger partial charge in [-0.1, -0.05) is 12.1 Å². The SMILES string of the molecule is CC(=O)NC[C@H]1CC[C@@H](CC(=O)NCc2cccc(C(F)(F)F)c2F)N1C. The van der Waals surface area contributed by atoms with Crippen molar-refractivity contribution in [3.05, 3.63) is 35.1 Å². The second kappa shape index (κ2) is 8.69. The summed E-state index contributed by atoms with van der Waals surface area (Å²) in [5, 5.41) is 5.24. The molecular formula is C18H23F4N3O2. The molecule has 1 fully saturated rings. The van der Waals surface area contributed by atoms with E-state index in [1.807, 2.05) is 11.9 Å². The smallest absolute Gasteiger partial charge is 0.355 e. The van der Waals surface area contributed by atoms with Crippen molar-refractivity contribution in [1.29, 1.82) is 0 Å². The summed E-state index contributed by atoms with van der Waals surface area (Å²) in [4.78, 5) is 25.2. The molecule has 1 aromatic rings. The number of nitrogens with zero attached hydrogens (tertiary/aromatic N) is 1. The molecule has 0 aliphatic carbocycles. The fourth-order valence-corrected chi connectivity index (χ4v) is 3.26. The summed E-state index contributed by atoms with van der Waals surface area (Å²) in [6.45, 7) is 1.63. The molecule has 2 N–H and O–H groups in total. The van der Waals surface area contributed by atoms with E-state index in [0.717, 1.165) is 18.9 Å². The van der Waals surface area contributed by atoms with E-state index < -0.39 is 17.6 Å². The topological polar surface area (TPSA) is 61.4 Å². The van der Waals surface area contributed by atoms with E-state index in [9.17, 15) is 27.2 Å². The van der Waals surface area contributed by atoms with Crippen LogP contribution in [0.5, 0.6) is 0 Å². The van der Waals surface area contributed by atoms with Gasteiger partial charge >= 0.3 is 6.18 Å². The maximum absolute atomic E-state index is 14.0. The van der Waals surface area contributed by atoms with Crippen molar-refractivity contribution in [3.8, 4) is 0 Å². The quantitative estimate of drug-likeness (QED) is 0.735. The van der Waals surface area contributed by atoms with Crippen LogP contribution in [0.4, 0.5) is 17.6 Å². The summed E-state index contributed by atoms with van der Waals surface area (Å²) in [5.41, 5.74) is -1.55. The molecule has 0 bridgehead atoms. The van der Waals surface area contributed by atoms with E-state index in [1.165, 1.54) is 13.0 Å². The number of likely N-dealkylation sites (N-methyl/N-ethyl adjacent to an activating group) is 1. The van der Waals surface area contributed by atoms with Gasteiger partial charge in [0, 0.05) is 44.1 Å². The number of carbonyl (C=O) groups is 2. The lowest BCUT2D eigenvalue weighted by Gasteiger charge is -2.25. The molecular weight excluding hydrogens is 366 g/mol. The monoisotopic (exact) mass is 389 g/mol. The highest BCUT2D eigenvalue weighted by molar-refractivity contribution is 5.76. The molecule has 2 rings (SSSR count). The Kier molecular flexibility index (Phi) is 6.80. The third-order valence-electron chi connectivity index (χ3n) is 4.85. The minimum atomic E-state index is -4.78. The molecule has 9 heteroatoms. The maximum Gasteiger partial charge on any atom is 0.419 e. The maximum atomic E-state index is 14.0. The van der Waals surface area contributed by atoms with Crippen molar-refractivity contribution < 1.29 is 27.2 Å². The number of likely N-dealkylation sites (tertiary alicyclic amines) is 1. The molecule has 1 saturated heterocycles. The number of amides is 2. The lowest BCUT2D eigenvalue weighted by atomic mass is 10.1. The molecule has 1 aliphatic heterocycles. The zero-order valence-electron chi connectivity index (χ0n) is 15.2. The molecule has 1 aromatic carbocycles. The Balaban J connectivity index is 1.88. The third kappa shape index (κ3) is 5.66. The summed E-state index contributed by atoms with van der Waals surface area (Å²) < 4.78 is 52.2. The Morgan fingerprint density at radius 3 is 2.48 bits per heavy atom. The number of nitrogens with one attached hydrogen (secondary N) is 2. The van der Waals surface area contributed by atoms with E-state index in [0.29, 0.717) is 12.6 Å². The largest absolute Gasteiger partial charge is 0.419 e. The third-order valence-corrected chi connectivity index (χ3v) is 4.85. The first-order chi connectivity index (χ1) is 12.6. The summed E-state index contributed by atoms with van der Waals surface area (Å²) in [6.07, 6.45) is -3.02. The van der Waals surface area contributed by atoms with Gasteiger partial charge in [0.05, 0.1) is 5.56 Å². The van der Waals surface area contributed by atoms with Crippen LogP contribution in [-0.4, -0.2) is 42.4 Å². The number of hydrogen-bond donors (Lipinski definition) is 2. The van der Waals surface area contributed by atoms with Crippen LogP contribution in [0.25, 0.3) is 0 Å². The van der Waals surface area contributed by atoms with Crippen LogP contribution in [0, 0.1) is 5.82 Å².